The molecule has 0 aromatic carbocycles. The van der Waals surface area contributed by atoms with Crippen LogP contribution in [0.2, 0.25) is 0 Å². The predicted octanol–water partition coefficient (Wildman–Crippen LogP) is 0.920. The van der Waals surface area contributed by atoms with Crippen molar-refractivity contribution in [2.45, 2.75) is 0 Å². The maximum atomic E-state index is 3.65. The summed E-state index contributed by atoms with van der Waals surface area (Å²) < 4.78 is 0. The molecule has 8 heavy (non-hydrogen) atoms. The Bertz CT molecular complexity index is 169. The van der Waals surface area contributed by atoms with Crippen molar-refractivity contribution in [2.24, 2.45) is 0 Å². The van der Waals surface area contributed by atoms with Crippen LogP contribution in [0, 0.1) is 6.33 Å². The molecular weight excluding hydrogens is 100 g/mol. The van der Waals surface area contributed by atoms with Gasteiger partial charge >= 0.3 is 0 Å². The first-order valence-corrected chi connectivity index (χ1v) is 2.24. The first kappa shape index (κ1) is 4.97. The molecule has 0 fully saturated rings. The largest absolute Gasteiger partial charge is 0.233 e. The van der Waals surface area contributed by atoms with Crippen LogP contribution in [0.1, 0.15) is 5.56 Å². The first-order valence-electron chi connectivity index (χ1n) is 2.24. The van der Waals surface area contributed by atoms with Gasteiger partial charge in [0, 0.05) is 18.0 Å². The van der Waals surface area contributed by atoms with Crippen molar-refractivity contribution in [3.63, 3.8) is 0 Å². The Morgan fingerprint density at radius 3 is 2.50 bits per heavy atom. The van der Waals surface area contributed by atoms with Gasteiger partial charge in [-0.1, -0.05) is 12.7 Å². The summed E-state index contributed by atoms with van der Waals surface area (Å²) in [6.45, 7) is 3.54. The minimum absolute atomic E-state index is 0.920. The highest BCUT2D eigenvalue weighted by molar-refractivity contribution is 5.42. The van der Waals surface area contributed by atoms with Gasteiger partial charge in [-0.05, 0) is 0 Å². The molecule has 0 bridgehead atoms. The standard InChI is InChI=1S/C6H5N2/c1-2-6-3-7-5-8-4-6/h2-4H,1H2. The third kappa shape index (κ3) is 0.904. The molecule has 1 rings (SSSR count). The van der Waals surface area contributed by atoms with Crippen molar-refractivity contribution in [3.8, 4) is 0 Å². The molecule has 1 aromatic rings. The third-order valence-electron chi connectivity index (χ3n) is 0.778. The van der Waals surface area contributed by atoms with Gasteiger partial charge in [0.15, 0.2) is 6.33 Å². The Kier molecular flexibility index (Phi) is 1.37. The summed E-state index contributed by atoms with van der Waals surface area (Å²) in [5.74, 6) is 0. The Morgan fingerprint density at radius 2 is 2.12 bits per heavy atom. The van der Waals surface area contributed by atoms with Gasteiger partial charge in [-0.2, -0.15) is 0 Å². The molecule has 0 amide bonds. The van der Waals surface area contributed by atoms with Crippen molar-refractivity contribution >= 4 is 6.08 Å². The summed E-state index contributed by atoms with van der Waals surface area (Å²) in [6, 6.07) is 0. The third-order valence-corrected chi connectivity index (χ3v) is 0.778. The second-order valence-corrected chi connectivity index (χ2v) is 1.32. The number of nitrogens with zero attached hydrogens (tertiary/aromatic N) is 2. The maximum absolute atomic E-state index is 3.65. The van der Waals surface area contributed by atoms with Crippen molar-refractivity contribution in [1.82, 2.24) is 9.97 Å². The van der Waals surface area contributed by atoms with E-state index in [4.69, 9.17) is 0 Å². The molecule has 0 aliphatic rings. The van der Waals surface area contributed by atoms with Gasteiger partial charge < -0.3 is 0 Å². The van der Waals surface area contributed by atoms with Gasteiger partial charge in [0.05, 0.1) is 0 Å². The lowest BCUT2D eigenvalue weighted by Crippen LogP contribution is -1.76. The van der Waals surface area contributed by atoms with Gasteiger partial charge in [0.1, 0.15) is 0 Å². The highest BCUT2D eigenvalue weighted by atomic mass is 14.8. The van der Waals surface area contributed by atoms with Crippen LogP contribution in [0.3, 0.4) is 0 Å². The Labute approximate surface area is 47.9 Å². The van der Waals surface area contributed by atoms with Crippen molar-refractivity contribution in [3.05, 3.63) is 30.9 Å². The van der Waals surface area contributed by atoms with Crippen LogP contribution in [0.25, 0.3) is 6.08 Å². The molecular formula is C6H5N2. The summed E-state index contributed by atoms with van der Waals surface area (Å²) in [5.41, 5.74) is 0.920. The minimum atomic E-state index is 0.920. The van der Waals surface area contributed by atoms with E-state index in [1.807, 2.05) is 0 Å². The Hall–Kier alpha value is -1.18. The lowest BCUT2D eigenvalue weighted by atomic mass is 10.3. The topological polar surface area (TPSA) is 25.8 Å². The lowest BCUT2D eigenvalue weighted by Gasteiger charge is -1.82. The molecule has 1 radical (unpaired) electrons. The van der Waals surface area contributed by atoms with Gasteiger partial charge in [0.25, 0.3) is 0 Å². The van der Waals surface area contributed by atoms with Crippen molar-refractivity contribution in [1.29, 1.82) is 0 Å². The molecule has 0 saturated carbocycles. The van der Waals surface area contributed by atoms with Gasteiger partial charge in [0.2, 0.25) is 0 Å². The molecule has 0 aliphatic heterocycles. The van der Waals surface area contributed by atoms with Crippen molar-refractivity contribution in [2.75, 3.05) is 0 Å². The van der Waals surface area contributed by atoms with Gasteiger partial charge in [-0.3, -0.25) is 0 Å². The summed E-state index contributed by atoms with van der Waals surface area (Å²) in [5, 5.41) is 0. The van der Waals surface area contributed by atoms with Crippen LogP contribution in [0.5, 0.6) is 0 Å². The molecule has 39 valence electrons. The van der Waals surface area contributed by atoms with Crippen molar-refractivity contribution < 1.29 is 0 Å². The monoisotopic (exact) mass is 105 g/mol. The van der Waals surface area contributed by atoms with Crippen LogP contribution in [0.4, 0.5) is 0 Å². The normalized spacial score (nSPS) is 8.50. The molecule has 0 saturated heterocycles. The quantitative estimate of drug-likeness (QED) is 0.530. The fourth-order valence-corrected chi connectivity index (χ4v) is 0.379. The first-order chi connectivity index (χ1) is 3.93. The van der Waals surface area contributed by atoms with E-state index in [2.05, 4.69) is 22.9 Å². The van der Waals surface area contributed by atoms with E-state index >= 15 is 0 Å². The van der Waals surface area contributed by atoms with E-state index in [1.165, 1.54) is 0 Å². The second kappa shape index (κ2) is 2.21. The molecule has 0 N–H and O–H groups in total. The van der Waals surface area contributed by atoms with Crippen LogP contribution >= 0.6 is 0 Å². The van der Waals surface area contributed by atoms with Crippen LogP contribution in [-0.4, -0.2) is 9.97 Å². The SMILES string of the molecule is C=Cc1cn[c]nc1. The second-order valence-electron chi connectivity index (χ2n) is 1.32. The molecule has 0 aliphatic carbocycles. The van der Waals surface area contributed by atoms with E-state index < -0.39 is 0 Å². The van der Waals surface area contributed by atoms with Gasteiger partial charge in [-0.25, -0.2) is 9.97 Å². The highest BCUT2D eigenvalue weighted by Gasteiger charge is 1.79. The minimum Gasteiger partial charge on any atom is -0.233 e. The molecule has 1 aromatic heterocycles. The molecule has 0 unspecified atom stereocenters. The molecule has 2 nitrogen and oxygen atoms in total. The lowest BCUT2D eigenvalue weighted by molar-refractivity contribution is 1.14. The average molecular weight is 105 g/mol. The highest BCUT2D eigenvalue weighted by Crippen LogP contribution is 1.91. The zero-order valence-corrected chi connectivity index (χ0v) is 4.33. The maximum Gasteiger partial charge on any atom is 0.197 e. The van der Waals surface area contributed by atoms with Crippen LogP contribution in [0.15, 0.2) is 19.0 Å². The Balaban J connectivity index is 2.99. The number of hydrogen-bond acceptors (Lipinski definition) is 2. The fourth-order valence-electron chi connectivity index (χ4n) is 0.379. The van der Waals surface area contributed by atoms with E-state index in [1.54, 1.807) is 18.5 Å². The van der Waals surface area contributed by atoms with Crippen LogP contribution in [-0.2, 0) is 0 Å². The zero-order chi connectivity index (χ0) is 5.82. The van der Waals surface area contributed by atoms with E-state index in [0.29, 0.717) is 0 Å². The summed E-state index contributed by atoms with van der Waals surface area (Å²) in [4.78, 5) is 7.30. The zero-order valence-electron chi connectivity index (χ0n) is 4.33. The summed E-state index contributed by atoms with van der Waals surface area (Å²) in [6.07, 6.45) is 7.41. The Morgan fingerprint density at radius 1 is 1.50 bits per heavy atom. The number of hydrogen-bond donors (Lipinski definition) is 0. The summed E-state index contributed by atoms with van der Waals surface area (Å²) >= 11 is 0. The van der Waals surface area contributed by atoms with E-state index in [-0.39, 0.29) is 0 Å². The fraction of sp³-hybridized carbons (Fsp3) is 0. The van der Waals surface area contributed by atoms with E-state index in [0.717, 1.165) is 5.56 Å². The summed E-state index contributed by atoms with van der Waals surface area (Å²) in [7, 11) is 0. The molecule has 2 heteroatoms. The van der Waals surface area contributed by atoms with E-state index in [9.17, 15) is 0 Å². The molecule has 1 heterocycles. The molecule has 0 atom stereocenters. The smallest absolute Gasteiger partial charge is 0.197 e. The predicted molar refractivity (Wildman–Crippen MR) is 31.0 cm³/mol. The average Bonchev–Trinajstić information content (AvgIpc) is 1.90. The van der Waals surface area contributed by atoms with Crippen LogP contribution < -0.4 is 0 Å². The number of aromatic nitrogens is 2. The number of rotatable bonds is 1. The van der Waals surface area contributed by atoms with Gasteiger partial charge in [-0.15, -0.1) is 0 Å². The molecule has 0 spiro atoms.